The molecule has 0 bridgehead atoms. The Kier molecular flexibility index (Phi) is 3.72. The summed E-state index contributed by atoms with van der Waals surface area (Å²) < 4.78 is 0. The number of allylic oxidation sites excluding steroid dienone is 4. The summed E-state index contributed by atoms with van der Waals surface area (Å²) in [6.07, 6.45) is 8.76. The van der Waals surface area contributed by atoms with Crippen molar-refractivity contribution in [3.05, 3.63) is 23.8 Å². The lowest BCUT2D eigenvalue weighted by molar-refractivity contribution is 0.255. The second-order valence-corrected chi connectivity index (χ2v) is 5.05. The van der Waals surface area contributed by atoms with Crippen molar-refractivity contribution in [2.75, 3.05) is 0 Å². The van der Waals surface area contributed by atoms with Gasteiger partial charge in [-0.05, 0) is 38.2 Å². The van der Waals surface area contributed by atoms with E-state index in [1.807, 2.05) is 6.08 Å². The summed E-state index contributed by atoms with van der Waals surface area (Å²) in [7, 11) is 0. The molecular formula is C13H21NO. The van der Waals surface area contributed by atoms with Crippen LogP contribution in [-0.2, 0) is 0 Å². The first-order valence-electron chi connectivity index (χ1n) is 5.51. The van der Waals surface area contributed by atoms with Gasteiger partial charge in [0.15, 0.2) is 0 Å². The van der Waals surface area contributed by atoms with Gasteiger partial charge in [-0.3, -0.25) is 0 Å². The van der Waals surface area contributed by atoms with Gasteiger partial charge in [-0.15, -0.1) is 0 Å². The van der Waals surface area contributed by atoms with Gasteiger partial charge in [-0.25, -0.2) is 0 Å². The summed E-state index contributed by atoms with van der Waals surface area (Å²) in [6, 6.07) is 0. The molecule has 84 valence electrons. The maximum atomic E-state index is 8.58. The minimum absolute atomic E-state index is 0.311. The fraction of sp³-hybridized carbons (Fsp3) is 0.615. The van der Waals surface area contributed by atoms with Gasteiger partial charge in [0.2, 0.25) is 0 Å². The quantitative estimate of drug-likeness (QED) is 0.318. The Bertz CT molecular complexity index is 310. The fourth-order valence-electron chi connectivity index (χ4n) is 2.25. The summed E-state index contributed by atoms with van der Waals surface area (Å²) >= 11 is 0. The first kappa shape index (κ1) is 12.0. The lowest BCUT2D eigenvalue weighted by Crippen LogP contribution is -2.26. The predicted octanol–water partition coefficient (Wildman–Crippen LogP) is 3.78. The topological polar surface area (TPSA) is 32.6 Å². The fourth-order valence-corrected chi connectivity index (χ4v) is 2.25. The molecule has 1 aliphatic rings. The first-order valence-corrected chi connectivity index (χ1v) is 5.51. The molecule has 0 aromatic heterocycles. The third-order valence-corrected chi connectivity index (χ3v) is 3.28. The Balaban J connectivity index is 2.86. The SMILES string of the molecule is CC1=CCCC(C)(C)C1C=CC(C)=NO. The van der Waals surface area contributed by atoms with Gasteiger partial charge >= 0.3 is 0 Å². The molecule has 1 N–H and O–H groups in total. The van der Waals surface area contributed by atoms with Crippen LogP contribution >= 0.6 is 0 Å². The van der Waals surface area contributed by atoms with E-state index >= 15 is 0 Å². The lowest BCUT2D eigenvalue weighted by Gasteiger charge is -2.36. The molecular weight excluding hydrogens is 186 g/mol. The second-order valence-electron chi connectivity index (χ2n) is 5.05. The molecule has 2 nitrogen and oxygen atoms in total. The van der Waals surface area contributed by atoms with Crippen LogP contribution in [0, 0.1) is 11.3 Å². The normalized spacial score (nSPS) is 26.8. The maximum Gasteiger partial charge on any atom is 0.0761 e. The van der Waals surface area contributed by atoms with Crippen LogP contribution in [0.3, 0.4) is 0 Å². The van der Waals surface area contributed by atoms with Crippen LogP contribution < -0.4 is 0 Å². The Labute approximate surface area is 92.4 Å². The number of rotatable bonds is 2. The average molecular weight is 207 g/mol. The molecule has 0 amide bonds. The summed E-state index contributed by atoms with van der Waals surface area (Å²) in [6.45, 7) is 8.57. The highest BCUT2D eigenvalue weighted by atomic mass is 16.4. The van der Waals surface area contributed by atoms with Gasteiger partial charge in [-0.2, -0.15) is 0 Å². The van der Waals surface area contributed by atoms with Gasteiger partial charge in [0, 0.05) is 5.92 Å². The summed E-state index contributed by atoms with van der Waals surface area (Å²) in [5, 5.41) is 11.7. The average Bonchev–Trinajstić information content (AvgIpc) is 2.15. The van der Waals surface area contributed by atoms with E-state index in [1.54, 1.807) is 6.92 Å². The second kappa shape index (κ2) is 4.65. The monoisotopic (exact) mass is 207 g/mol. The van der Waals surface area contributed by atoms with E-state index in [-0.39, 0.29) is 0 Å². The van der Waals surface area contributed by atoms with Crippen LogP contribution in [0.5, 0.6) is 0 Å². The Hall–Kier alpha value is -1.05. The molecule has 1 aliphatic carbocycles. The molecule has 0 aromatic carbocycles. The number of nitrogens with zero attached hydrogens (tertiary/aromatic N) is 1. The third kappa shape index (κ3) is 2.95. The summed E-state index contributed by atoms with van der Waals surface area (Å²) in [5.74, 6) is 0.461. The van der Waals surface area contributed by atoms with Crippen molar-refractivity contribution in [3.8, 4) is 0 Å². The van der Waals surface area contributed by atoms with Crippen LogP contribution in [0.4, 0.5) is 0 Å². The summed E-state index contributed by atoms with van der Waals surface area (Å²) in [5.41, 5.74) is 2.39. The smallest absolute Gasteiger partial charge is 0.0761 e. The predicted molar refractivity (Wildman–Crippen MR) is 64.3 cm³/mol. The molecule has 1 unspecified atom stereocenters. The molecule has 15 heavy (non-hydrogen) atoms. The van der Waals surface area contributed by atoms with E-state index < -0.39 is 0 Å². The highest BCUT2D eigenvalue weighted by Gasteiger charge is 2.30. The largest absolute Gasteiger partial charge is 0.411 e. The van der Waals surface area contributed by atoms with E-state index in [9.17, 15) is 0 Å². The maximum absolute atomic E-state index is 8.58. The molecule has 1 atom stereocenters. The molecule has 0 aliphatic heterocycles. The Morgan fingerprint density at radius 2 is 2.27 bits per heavy atom. The number of hydrogen-bond donors (Lipinski definition) is 1. The van der Waals surface area contributed by atoms with Crippen LogP contribution in [0.15, 0.2) is 29.0 Å². The Morgan fingerprint density at radius 3 is 2.80 bits per heavy atom. The highest BCUT2D eigenvalue weighted by molar-refractivity contribution is 5.92. The highest BCUT2D eigenvalue weighted by Crippen LogP contribution is 2.41. The summed E-state index contributed by atoms with van der Waals surface area (Å²) in [4.78, 5) is 0. The zero-order chi connectivity index (χ0) is 11.5. The van der Waals surface area contributed by atoms with Crippen molar-refractivity contribution in [2.45, 2.75) is 40.5 Å². The van der Waals surface area contributed by atoms with Crippen LogP contribution in [0.25, 0.3) is 0 Å². The number of oxime groups is 1. The zero-order valence-electron chi connectivity index (χ0n) is 10.1. The van der Waals surface area contributed by atoms with E-state index in [0.717, 1.165) is 0 Å². The van der Waals surface area contributed by atoms with Crippen molar-refractivity contribution in [3.63, 3.8) is 0 Å². The molecule has 0 heterocycles. The van der Waals surface area contributed by atoms with Crippen molar-refractivity contribution in [2.24, 2.45) is 16.5 Å². The lowest BCUT2D eigenvalue weighted by atomic mass is 9.68. The van der Waals surface area contributed by atoms with Crippen molar-refractivity contribution in [1.29, 1.82) is 0 Å². The Morgan fingerprint density at radius 1 is 1.60 bits per heavy atom. The minimum Gasteiger partial charge on any atom is -0.411 e. The molecule has 0 radical (unpaired) electrons. The van der Waals surface area contributed by atoms with Gasteiger partial charge in [0.1, 0.15) is 0 Å². The minimum atomic E-state index is 0.311. The van der Waals surface area contributed by atoms with Gasteiger partial charge < -0.3 is 5.21 Å². The standard InChI is InChI=1S/C13H21NO/c1-10-6-5-9-13(3,4)12(10)8-7-11(2)14-15/h6-8,12,15H,5,9H2,1-4H3. The van der Waals surface area contributed by atoms with Crippen LogP contribution in [0.1, 0.15) is 40.5 Å². The van der Waals surface area contributed by atoms with E-state index in [0.29, 0.717) is 17.0 Å². The molecule has 1 rings (SSSR count). The van der Waals surface area contributed by atoms with Crippen molar-refractivity contribution < 1.29 is 5.21 Å². The third-order valence-electron chi connectivity index (χ3n) is 3.28. The molecule has 2 heteroatoms. The van der Waals surface area contributed by atoms with E-state index in [1.165, 1.54) is 18.4 Å². The van der Waals surface area contributed by atoms with Gasteiger partial charge in [0.25, 0.3) is 0 Å². The molecule has 0 aromatic rings. The molecule has 0 fully saturated rings. The molecule has 0 saturated carbocycles. The first-order chi connectivity index (χ1) is 6.97. The van der Waals surface area contributed by atoms with E-state index in [2.05, 4.69) is 38.1 Å². The van der Waals surface area contributed by atoms with Crippen LogP contribution in [-0.4, -0.2) is 10.9 Å². The molecule has 0 saturated heterocycles. The van der Waals surface area contributed by atoms with Crippen molar-refractivity contribution >= 4 is 5.71 Å². The molecule has 0 spiro atoms. The number of hydrogen-bond acceptors (Lipinski definition) is 2. The van der Waals surface area contributed by atoms with Crippen LogP contribution in [0.2, 0.25) is 0 Å². The van der Waals surface area contributed by atoms with Crippen molar-refractivity contribution in [1.82, 2.24) is 0 Å². The van der Waals surface area contributed by atoms with Gasteiger partial charge in [0.05, 0.1) is 5.71 Å². The zero-order valence-corrected chi connectivity index (χ0v) is 10.1. The van der Waals surface area contributed by atoms with Gasteiger partial charge in [-0.1, -0.05) is 36.7 Å². The van der Waals surface area contributed by atoms with E-state index in [4.69, 9.17) is 5.21 Å².